The van der Waals surface area contributed by atoms with Crippen LogP contribution in [-0.2, 0) is 4.74 Å². The second kappa shape index (κ2) is 8.18. The van der Waals surface area contributed by atoms with Crippen molar-refractivity contribution in [3.63, 3.8) is 0 Å². The quantitative estimate of drug-likeness (QED) is 0.733. The molecule has 0 aromatic heterocycles. The van der Waals surface area contributed by atoms with Gasteiger partial charge in [0, 0.05) is 31.2 Å². The lowest BCUT2D eigenvalue weighted by molar-refractivity contribution is 0.0946. The van der Waals surface area contributed by atoms with Gasteiger partial charge in [-0.1, -0.05) is 0 Å². The molecule has 0 fully saturated rings. The highest BCUT2D eigenvalue weighted by Gasteiger charge is 2.13. The minimum absolute atomic E-state index is 0.0458. The normalized spacial score (nSPS) is 10.8. The SMILES string of the molecule is COCCN(C)CCNC(=O)c1cc(N)c(F)cc1Br. The second-order valence-corrected chi connectivity index (χ2v) is 5.26. The molecular formula is C13H19BrFN3O2. The summed E-state index contributed by atoms with van der Waals surface area (Å²) in [4.78, 5) is 14.0. The third-order valence-corrected chi connectivity index (χ3v) is 3.44. The predicted octanol–water partition coefficient (Wildman–Crippen LogP) is 1.48. The molecule has 0 aliphatic heterocycles. The lowest BCUT2D eigenvalue weighted by atomic mass is 10.2. The summed E-state index contributed by atoms with van der Waals surface area (Å²) in [6, 6.07) is 2.51. The van der Waals surface area contributed by atoms with Crippen LogP contribution in [0.15, 0.2) is 16.6 Å². The van der Waals surface area contributed by atoms with Gasteiger partial charge in [0.2, 0.25) is 0 Å². The predicted molar refractivity (Wildman–Crippen MR) is 80.2 cm³/mol. The first-order valence-electron chi connectivity index (χ1n) is 6.16. The first-order chi connectivity index (χ1) is 9.45. The fourth-order valence-corrected chi connectivity index (χ4v) is 2.05. The Balaban J connectivity index is 2.49. The lowest BCUT2D eigenvalue weighted by Gasteiger charge is -2.16. The van der Waals surface area contributed by atoms with Gasteiger partial charge in [0.25, 0.3) is 5.91 Å². The molecule has 5 nitrogen and oxygen atoms in total. The third kappa shape index (κ3) is 5.07. The maximum atomic E-state index is 13.2. The number of benzene rings is 1. The molecular weight excluding hydrogens is 329 g/mol. The van der Waals surface area contributed by atoms with Crippen LogP contribution >= 0.6 is 15.9 Å². The molecule has 0 aliphatic rings. The van der Waals surface area contributed by atoms with E-state index in [1.807, 2.05) is 11.9 Å². The van der Waals surface area contributed by atoms with E-state index in [4.69, 9.17) is 10.5 Å². The van der Waals surface area contributed by atoms with E-state index in [0.29, 0.717) is 29.7 Å². The molecule has 0 unspecified atom stereocenters. The van der Waals surface area contributed by atoms with Crippen LogP contribution in [0.5, 0.6) is 0 Å². The molecule has 0 spiro atoms. The summed E-state index contributed by atoms with van der Waals surface area (Å²) in [5, 5.41) is 2.76. The summed E-state index contributed by atoms with van der Waals surface area (Å²) < 4.78 is 18.5. The van der Waals surface area contributed by atoms with Crippen molar-refractivity contribution in [1.82, 2.24) is 10.2 Å². The Bertz CT molecular complexity index is 471. The Morgan fingerprint density at radius 1 is 1.50 bits per heavy atom. The number of anilines is 1. The Hall–Kier alpha value is -1.18. The zero-order valence-corrected chi connectivity index (χ0v) is 13.2. The number of carbonyl (C=O) groups excluding carboxylic acids is 1. The van der Waals surface area contributed by atoms with E-state index in [9.17, 15) is 9.18 Å². The summed E-state index contributed by atoms with van der Waals surface area (Å²) in [7, 11) is 3.59. The van der Waals surface area contributed by atoms with Crippen LogP contribution in [0.2, 0.25) is 0 Å². The average Bonchev–Trinajstić information content (AvgIpc) is 2.40. The zero-order chi connectivity index (χ0) is 15.1. The number of nitrogens with zero attached hydrogens (tertiary/aromatic N) is 1. The number of hydrogen-bond acceptors (Lipinski definition) is 4. The van der Waals surface area contributed by atoms with E-state index in [2.05, 4.69) is 21.2 Å². The van der Waals surface area contributed by atoms with E-state index >= 15 is 0 Å². The van der Waals surface area contributed by atoms with Gasteiger partial charge < -0.3 is 20.7 Å². The highest BCUT2D eigenvalue weighted by Crippen LogP contribution is 2.22. The fourth-order valence-electron chi connectivity index (χ4n) is 1.55. The maximum Gasteiger partial charge on any atom is 0.252 e. The van der Waals surface area contributed by atoms with E-state index in [-0.39, 0.29) is 11.6 Å². The van der Waals surface area contributed by atoms with E-state index in [1.165, 1.54) is 12.1 Å². The largest absolute Gasteiger partial charge is 0.396 e. The van der Waals surface area contributed by atoms with Crippen LogP contribution < -0.4 is 11.1 Å². The topological polar surface area (TPSA) is 67.6 Å². The van der Waals surface area contributed by atoms with Crippen LogP contribution in [0.4, 0.5) is 10.1 Å². The average molecular weight is 348 g/mol. The fraction of sp³-hybridized carbons (Fsp3) is 0.462. The minimum Gasteiger partial charge on any atom is -0.396 e. The molecule has 0 heterocycles. The van der Waals surface area contributed by atoms with Crippen molar-refractivity contribution >= 4 is 27.5 Å². The molecule has 1 aromatic carbocycles. The highest BCUT2D eigenvalue weighted by atomic mass is 79.9. The number of halogens is 2. The van der Waals surface area contributed by atoms with Gasteiger partial charge in [0.15, 0.2) is 0 Å². The first-order valence-corrected chi connectivity index (χ1v) is 6.95. The number of hydrogen-bond donors (Lipinski definition) is 2. The van der Waals surface area contributed by atoms with Crippen molar-refractivity contribution < 1.29 is 13.9 Å². The van der Waals surface area contributed by atoms with Gasteiger partial charge in [-0.05, 0) is 35.1 Å². The molecule has 0 atom stereocenters. The summed E-state index contributed by atoms with van der Waals surface area (Å²) in [6.07, 6.45) is 0. The van der Waals surface area contributed by atoms with Crippen LogP contribution in [0, 0.1) is 5.82 Å². The molecule has 0 bridgehead atoms. The number of likely N-dealkylation sites (N-methyl/N-ethyl adjacent to an activating group) is 1. The van der Waals surface area contributed by atoms with Crippen LogP contribution in [0.25, 0.3) is 0 Å². The number of nitrogen functional groups attached to an aromatic ring is 1. The molecule has 0 saturated heterocycles. The molecule has 1 amide bonds. The smallest absolute Gasteiger partial charge is 0.252 e. The number of carbonyl (C=O) groups is 1. The van der Waals surface area contributed by atoms with Gasteiger partial charge in [-0.3, -0.25) is 4.79 Å². The molecule has 0 aliphatic carbocycles. The number of nitrogens with two attached hydrogens (primary N) is 1. The van der Waals surface area contributed by atoms with Crippen LogP contribution in [0.1, 0.15) is 10.4 Å². The summed E-state index contributed by atoms with van der Waals surface area (Å²) in [6.45, 7) is 2.62. The molecule has 0 radical (unpaired) electrons. The second-order valence-electron chi connectivity index (χ2n) is 4.41. The Kier molecular flexibility index (Phi) is 6.90. The summed E-state index contributed by atoms with van der Waals surface area (Å²) in [5.74, 6) is -0.837. The Labute approximate surface area is 126 Å². The third-order valence-electron chi connectivity index (χ3n) is 2.79. The number of rotatable bonds is 7. The molecule has 1 aromatic rings. The monoisotopic (exact) mass is 347 g/mol. The van der Waals surface area contributed by atoms with E-state index < -0.39 is 5.82 Å². The van der Waals surface area contributed by atoms with E-state index in [1.54, 1.807) is 7.11 Å². The van der Waals surface area contributed by atoms with Crippen molar-refractivity contribution in [2.45, 2.75) is 0 Å². The van der Waals surface area contributed by atoms with Crippen molar-refractivity contribution in [3.8, 4) is 0 Å². The number of amides is 1. The number of ether oxygens (including phenoxy) is 1. The number of methoxy groups -OCH3 is 1. The molecule has 1 rings (SSSR count). The maximum absolute atomic E-state index is 13.2. The van der Waals surface area contributed by atoms with Crippen LogP contribution in [0.3, 0.4) is 0 Å². The molecule has 20 heavy (non-hydrogen) atoms. The van der Waals surface area contributed by atoms with E-state index in [0.717, 1.165) is 6.54 Å². The molecule has 112 valence electrons. The van der Waals surface area contributed by atoms with Gasteiger partial charge in [0.05, 0.1) is 17.9 Å². The molecule has 0 saturated carbocycles. The first kappa shape index (κ1) is 16.9. The molecule has 3 N–H and O–H groups in total. The van der Waals surface area contributed by atoms with Crippen LogP contribution in [-0.4, -0.2) is 51.2 Å². The van der Waals surface area contributed by atoms with Crippen molar-refractivity contribution in [2.24, 2.45) is 0 Å². The standard InChI is InChI=1S/C13H19BrFN3O2/c1-18(5-6-20-2)4-3-17-13(19)9-7-12(16)11(15)8-10(9)14/h7-8H,3-6,16H2,1-2H3,(H,17,19). The molecule has 7 heteroatoms. The number of nitrogens with one attached hydrogen (secondary N) is 1. The van der Waals surface area contributed by atoms with Gasteiger partial charge >= 0.3 is 0 Å². The van der Waals surface area contributed by atoms with Gasteiger partial charge in [-0.2, -0.15) is 0 Å². The Morgan fingerprint density at radius 3 is 2.85 bits per heavy atom. The zero-order valence-electron chi connectivity index (χ0n) is 11.6. The minimum atomic E-state index is -0.548. The van der Waals surface area contributed by atoms with Gasteiger partial charge in [-0.15, -0.1) is 0 Å². The summed E-state index contributed by atoms with van der Waals surface area (Å²) >= 11 is 3.15. The lowest BCUT2D eigenvalue weighted by Crippen LogP contribution is -2.34. The van der Waals surface area contributed by atoms with Crippen molar-refractivity contribution in [2.75, 3.05) is 46.1 Å². The summed E-state index contributed by atoms with van der Waals surface area (Å²) in [5.41, 5.74) is 5.74. The van der Waals surface area contributed by atoms with Crippen molar-refractivity contribution in [1.29, 1.82) is 0 Å². The van der Waals surface area contributed by atoms with Crippen molar-refractivity contribution in [3.05, 3.63) is 28.0 Å². The highest BCUT2D eigenvalue weighted by molar-refractivity contribution is 9.10. The van der Waals surface area contributed by atoms with Gasteiger partial charge in [-0.25, -0.2) is 4.39 Å². The van der Waals surface area contributed by atoms with Gasteiger partial charge in [0.1, 0.15) is 5.82 Å². The Morgan fingerprint density at radius 2 is 2.20 bits per heavy atom.